The van der Waals surface area contributed by atoms with Crippen LogP contribution in [0.25, 0.3) is 0 Å². The predicted molar refractivity (Wildman–Crippen MR) is 91.3 cm³/mol. The van der Waals surface area contributed by atoms with Crippen LogP contribution < -0.4 is 10.7 Å². The first kappa shape index (κ1) is 17.6. The van der Waals surface area contributed by atoms with Crippen LogP contribution in [-0.4, -0.2) is 36.8 Å². The smallest absolute Gasteiger partial charge is 0.271 e. The van der Waals surface area contributed by atoms with Crippen molar-refractivity contribution in [2.45, 2.75) is 32.3 Å². The summed E-state index contributed by atoms with van der Waals surface area (Å²) < 4.78 is 6.34. The van der Waals surface area contributed by atoms with Gasteiger partial charge in [-0.1, -0.05) is 15.9 Å². The summed E-state index contributed by atoms with van der Waals surface area (Å²) in [6, 6.07) is 6.95. The summed E-state index contributed by atoms with van der Waals surface area (Å²) in [6.45, 7) is 2.99. The Bertz CT molecular complexity index is 581. The van der Waals surface area contributed by atoms with Gasteiger partial charge in [-0.05, 0) is 44.0 Å². The van der Waals surface area contributed by atoms with Gasteiger partial charge in [-0.25, -0.2) is 5.43 Å². The fraction of sp³-hybridized carbons (Fsp3) is 0.438. The lowest BCUT2D eigenvalue weighted by Gasteiger charge is -2.10. The largest absolute Gasteiger partial charge is 0.376 e. The number of ether oxygens (including phenoxy) is 1. The number of amides is 2. The van der Waals surface area contributed by atoms with E-state index in [9.17, 15) is 9.59 Å². The van der Waals surface area contributed by atoms with E-state index in [2.05, 4.69) is 31.8 Å². The molecule has 2 N–H and O–H groups in total. The Kier molecular flexibility index (Phi) is 6.73. The zero-order valence-corrected chi connectivity index (χ0v) is 14.6. The molecule has 1 aliphatic rings. The number of hydrogen-bond donors (Lipinski definition) is 2. The van der Waals surface area contributed by atoms with Crippen LogP contribution >= 0.6 is 15.9 Å². The normalized spacial score (nSPS) is 17.8. The molecule has 2 rings (SSSR count). The zero-order chi connectivity index (χ0) is 16.7. The van der Waals surface area contributed by atoms with E-state index < -0.39 is 0 Å². The van der Waals surface area contributed by atoms with Gasteiger partial charge in [0.2, 0.25) is 5.91 Å². The first-order valence-corrected chi connectivity index (χ1v) is 8.31. The van der Waals surface area contributed by atoms with Crippen molar-refractivity contribution in [3.05, 3.63) is 34.3 Å². The molecule has 124 valence electrons. The number of hydrazone groups is 1. The second-order valence-corrected chi connectivity index (χ2v) is 6.33. The maximum absolute atomic E-state index is 11.9. The molecule has 6 nitrogen and oxygen atoms in total. The highest BCUT2D eigenvalue weighted by Gasteiger charge is 2.16. The van der Waals surface area contributed by atoms with Gasteiger partial charge in [-0.2, -0.15) is 5.10 Å². The molecule has 0 aromatic heterocycles. The van der Waals surface area contributed by atoms with E-state index in [1.807, 2.05) is 0 Å². The van der Waals surface area contributed by atoms with Crippen molar-refractivity contribution in [3.8, 4) is 0 Å². The molecule has 0 bridgehead atoms. The van der Waals surface area contributed by atoms with Crippen LogP contribution in [-0.2, 0) is 9.53 Å². The summed E-state index contributed by atoms with van der Waals surface area (Å²) in [7, 11) is 0. The highest BCUT2D eigenvalue weighted by molar-refractivity contribution is 9.10. The number of halogens is 1. The fourth-order valence-electron chi connectivity index (χ4n) is 2.18. The Morgan fingerprint density at radius 1 is 1.35 bits per heavy atom. The lowest BCUT2D eigenvalue weighted by atomic mass is 10.2. The SMILES string of the molecule is C/C(CC(=O)NC[C@@H]1CCCO1)=N/NC(=O)c1ccc(Br)cc1. The molecule has 1 aromatic rings. The molecular weight excluding hydrogens is 362 g/mol. The maximum Gasteiger partial charge on any atom is 0.271 e. The molecule has 1 saturated heterocycles. The van der Waals surface area contributed by atoms with Gasteiger partial charge in [-0.15, -0.1) is 0 Å². The molecule has 1 heterocycles. The molecule has 1 fully saturated rings. The topological polar surface area (TPSA) is 79.8 Å². The number of carbonyl (C=O) groups is 2. The third kappa shape index (κ3) is 6.11. The summed E-state index contributed by atoms with van der Waals surface area (Å²) in [5.41, 5.74) is 3.50. The van der Waals surface area contributed by atoms with Gasteiger partial charge in [0, 0.05) is 28.9 Å². The molecule has 0 radical (unpaired) electrons. The molecule has 23 heavy (non-hydrogen) atoms. The van der Waals surface area contributed by atoms with E-state index >= 15 is 0 Å². The molecule has 0 saturated carbocycles. The van der Waals surface area contributed by atoms with Crippen molar-refractivity contribution in [1.29, 1.82) is 0 Å². The Hall–Kier alpha value is -1.73. The third-order valence-corrected chi connectivity index (χ3v) is 3.95. The Morgan fingerprint density at radius 3 is 2.74 bits per heavy atom. The highest BCUT2D eigenvalue weighted by Crippen LogP contribution is 2.11. The average molecular weight is 382 g/mol. The minimum absolute atomic E-state index is 0.119. The van der Waals surface area contributed by atoms with E-state index in [-0.39, 0.29) is 24.3 Å². The monoisotopic (exact) mass is 381 g/mol. The number of hydrogen-bond acceptors (Lipinski definition) is 4. The van der Waals surface area contributed by atoms with Crippen LogP contribution in [0.2, 0.25) is 0 Å². The molecular formula is C16H20BrN3O3. The van der Waals surface area contributed by atoms with Crippen molar-refractivity contribution in [3.63, 3.8) is 0 Å². The summed E-state index contributed by atoms with van der Waals surface area (Å²) in [5.74, 6) is -0.434. The number of nitrogens with zero attached hydrogens (tertiary/aromatic N) is 1. The molecule has 0 spiro atoms. The van der Waals surface area contributed by atoms with Crippen LogP contribution in [0.1, 0.15) is 36.5 Å². The highest BCUT2D eigenvalue weighted by atomic mass is 79.9. The summed E-state index contributed by atoms with van der Waals surface area (Å²) in [6.07, 6.45) is 2.29. The lowest BCUT2D eigenvalue weighted by molar-refractivity contribution is -0.120. The van der Waals surface area contributed by atoms with E-state index in [0.29, 0.717) is 17.8 Å². The molecule has 7 heteroatoms. The number of nitrogens with one attached hydrogen (secondary N) is 2. The van der Waals surface area contributed by atoms with Crippen molar-refractivity contribution in [2.75, 3.05) is 13.2 Å². The molecule has 1 aliphatic heterocycles. The summed E-state index contributed by atoms with van der Waals surface area (Å²) in [4.78, 5) is 23.7. The van der Waals surface area contributed by atoms with Gasteiger partial charge in [-0.3, -0.25) is 9.59 Å². The minimum Gasteiger partial charge on any atom is -0.376 e. The van der Waals surface area contributed by atoms with Crippen LogP contribution in [0, 0.1) is 0 Å². The van der Waals surface area contributed by atoms with Crippen LogP contribution in [0.15, 0.2) is 33.8 Å². The Labute approximate surface area is 143 Å². The third-order valence-electron chi connectivity index (χ3n) is 3.42. The standard InChI is InChI=1S/C16H20BrN3O3/c1-11(9-15(21)18-10-14-3-2-8-23-14)19-20-16(22)12-4-6-13(17)7-5-12/h4-7,14H,2-3,8-10H2,1H3,(H,18,21)(H,20,22)/b19-11-/t14-/m0/s1. The minimum atomic E-state index is -0.309. The van der Waals surface area contributed by atoms with Gasteiger partial charge in [0.1, 0.15) is 0 Å². The second-order valence-electron chi connectivity index (χ2n) is 5.41. The van der Waals surface area contributed by atoms with E-state index in [1.54, 1.807) is 31.2 Å². The molecule has 1 aromatic carbocycles. The summed E-state index contributed by atoms with van der Waals surface area (Å²) in [5, 5.41) is 6.77. The van der Waals surface area contributed by atoms with Gasteiger partial charge in [0.05, 0.1) is 12.5 Å². The van der Waals surface area contributed by atoms with Crippen LogP contribution in [0.4, 0.5) is 0 Å². The van der Waals surface area contributed by atoms with Crippen LogP contribution in [0.3, 0.4) is 0 Å². The number of rotatable bonds is 6. The lowest BCUT2D eigenvalue weighted by Crippen LogP contribution is -2.33. The first-order chi connectivity index (χ1) is 11.0. The average Bonchev–Trinajstić information content (AvgIpc) is 3.05. The Morgan fingerprint density at radius 2 is 2.09 bits per heavy atom. The van der Waals surface area contributed by atoms with Gasteiger partial charge < -0.3 is 10.1 Å². The van der Waals surface area contributed by atoms with E-state index in [4.69, 9.17) is 4.74 Å². The van der Waals surface area contributed by atoms with Gasteiger partial charge in [0.25, 0.3) is 5.91 Å². The fourth-order valence-corrected chi connectivity index (χ4v) is 2.44. The molecule has 0 unspecified atom stereocenters. The van der Waals surface area contributed by atoms with Gasteiger partial charge >= 0.3 is 0 Å². The number of benzene rings is 1. The van der Waals surface area contributed by atoms with Crippen molar-refractivity contribution < 1.29 is 14.3 Å². The second kappa shape index (κ2) is 8.79. The molecule has 2 amide bonds. The van der Waals surface area contributed by atoms with Crippen molar-refractivity contribution in [2.24, 2.45) is 5.10 Å². The Balaban J connectivity index is 1.74. The summed E-state index contributed by atoms with van der Waals surface area (Å²) >= 11 is 3.31. The molecule has 1 atom stereocenters. The quantitative estimate of drug-likeness (QED) is 0.585. The van der Waals surface area contributed by atoms with Gasteiger partial charge in [0.15, 0.2) is 0 Å². The van der Waals surface area contributed by atoms with Crippen molar-refractivity contribution >= 4 is 33.5 Å². The zero-order valence-electron chi connectivity index (χ0n) is 13.0. The maximum atomic E-state index is 11.9. The van der Waals surface area contributed by atoms with E-state index in [0.717, 1.165) is 23.9 Å². The van der Waals surface area contributed by atoms with Crippen LogP contribution in [0.5, 0.6) is 0 Å². The predicted octanol–water partition coefficient (Wildman–Crippen LogP) is 2.24. The van der Waals surface area contributed by atoms with E-state index in [1.165, 1.54) is 0 Å². The first-order valence-electron chi connectivity index (χ1n) is 7.52. The molecule has 0 aliphatic carbocycles. The van der Waals surface area contributed by atoms with Crippen molar-refractivity contribution in [1.82, 2.24) is 10.7 Å². The number of carbonyl (C=O) groups excluding carboxylic acids is 2.